The predicted molar refractivity (Wildman–Crippen MR) is 123 cm³/mol. The molecule has 31 heavy (non-hydrogen) atoms. The van der Waals surface area contributed by atoms with Gasteiger partial charge in [-0.3, -0.25) is 0 Å². The lowest BCUT2D eigenvalue weighted by atomic mass is 9.98. The maximum absolute atomic E-state index is 9.89. The van der Waals surface area contributed by atoms with E-state index < -0.39 is 37.3 Å². The zero-order chi connectivity index (χ0) is 22.7. The van der Waals surface area contributed by atoms with Crippen LogP contribution in [0.1, 0.15) is 96.8 Å². The molecule has 1 saturated heterocycles. The lowest BCUT2D eigenvalue weighted by Crippen LogP contribution is -2.62. The Kier molecular flexibility index (Phi) is 17.8. The van der Waals surface area contributed by atoms with Crippen LogP contribution in [0.25, 0.3) is 0 Å². The number of ether oxygens (including phenoxy) is 3. The molecule has 0 saturated carbocycles. The summed E-state index contributed by atoms with van der Waals surface area (Å²) < 4.78 is 16.5. The van der Waals surface area contributed by atoms with Crippen LogP contribution in [-0.4, -0.2) is 72.4 Å². The van der Waals surface area contributed by atoms with E-state index in [1.807, 2.05) is 0 Å². The number of aliphatic hydroxyl groups is 3. The SMILES string of the molecule is CCCCCCCCCCCCCCCCOCCO[C@@H]1OC(CO)[C@H](O)C(O)[C@@H]1N. The van der Waals surface area contributed by atoms with E-state index in [-0.39, 0.29) is 6.61 Å². The van der Waals surface area contributed by atoms with Crippen LogP contribution in [0.5, 0.6) is 0 Å². The molecule has 2 unspecified atom stereocenters. The Labute approximate surface area is 189 Å². The average molecular weight is 448 g/mol. The van der Waals surface area contributed by atoms with Gasteiger partial charge in [-0.05, 0) is 6.42 Å². The quantitative estimate of drug-likeness (QED) is 0.212. The topological polar surface area (TPSA) is 114 Å². The summed E-state index contributed by atoms with van der Waals surface area (Å²) in [6.07, 6.45) is 14.6. The maximum Gasteiger partial charge on any atom is 0.175 e. The van der Waals surface area contributed by atoms with Crippen LogP contribution >= 0.6 is 0 Å². The summed E-state index contributed by atoms with van der Waals surface area (Å²) in [5.74, 6) is 0. The number of hydrogen-bond acceptors (Lipinski definition) is 7. The monoisotopic (exact) mass is 447 g/mol. The van der Waals surface area contributed by atoms with Gasteiger partial charge in [-0.25, -0.2) is 0 Å². The molecular formula is C24H49NO6. The summed E-state index contributed by atoms with van der Waals surface area (Å²) in [7, 11) is 0. The van der Waals surface area contributed by atoms with E-state index in [4.69, 9.17) is 19.9 Å². The summed E-state index contributed by atoms with van der Waals surface area (Å²) in [6, 6.07) is -0.858. The van der Waals surface area contributed by atoms with Crippen molar-refractivity contribution in [1.82, 2.24) is 0 Å². The van der Waals surface area contributed by atoms with Gasteiger partial charge in [-0.1, -0.05) is 90.4 Å². The van der Waals surface area contributed by atoms with Crippen molar-refractivity contribution in [2.75, 3.05) is 26.4 Å². The second-order valence-corrected chi connectivity index (χ2v) is 8.86. The third-order valence-electron chi connectivity index (χ3n) is 6.08. The number of rotatable bonds is 20. The van der Waals surface area contributed by atoms with Crippen LogP contribution in [0.2, 0.25) is 0 Å². The molecule has 7 heteroatoms. The summed E-state index contributed by atoms with van der Waals surface area (Å²) in [6.45, 7) is 3.29. The highest BCUT2D eigenvalue weighted by Gasteiger charge is 2.42. The van der Waals surface area contributed by atoms with Crippen LogP contribution in [0, 0.1) is 0 Å². The minimum absolute atomic E-state index is 0.290. The fraction of sp³-hybridized carbons (Fsp3) is 1.00. The molecule has 0 aromatic carbocycles. The van der Waals surface area contributed by atoms with Gasteiger partial charge in [0.1, 0.15) is 18.3 Å². The number of unbranched alkanes of at least 4 members (excludes halogenated alkanes) is 13. The lowest BCUT2D eigenvalue weighted by Gasteiger charge is -2.40. The summed E-state index contributed by atoms with van der Waals surface area (Å²) in [4.78, 5) is 0. The van der Waals surface area contributed by atoms with Crippen molar-refractivity contribution >= 4 is 0 Å². The van der Waals surface area contributed by atoms with E-state index in [1.54, 1.807) is 0 Å². The van der Waals surface area contributed by atoms with E-state index in [0.717, 1.165) is 6.42 Å². The maximum atomic E-state index is 9.89. The van der Waals surface area contributed by atoms with E-state index in [9.17, 15) is 15.3 Å². The standard InChI is InChI=1S/C24H49NO6/c1-2-3-4-5-6-7-8-9-10-11-12-13-14-15-16-29-17-18-30-24-21(25)23(28)22(27)20(19-26)31-24/h20-24,26-28H,2-19,25H2,1H3/t20?,21-,22-,23?,24+/m0/s1. The molecule has 1 rings (SSSR count). The molecule has 0 radical (unpaired) electrons. The zero-order valence-corrected chi connectivity index (χ0v) is 19.8. The molecule has 0 aromatic rings. The molecule has 1 aliphatic heterocycles. The predicted octanol–water partition coefficient (Wildman–Crippen LogP) is 3.27. The van der Waals surface area contributed by atoms with Gasteiger partial charge >= 0.3 is 0 Å². The summed E-state index contributed by atoms with van der Waals surface area (Å²) >= 11 is 0. The summed E-state index contributed by atoms with van der Waals surface area (Å²) in [5.41, 5.74) is 5.82. The Balaban J connectivity index is 1.84. The Hall–Kier alpha value is -0.280. The molecule has 1 fully saturated rings. The molecule has 1 heterocycles. The highest BCUT2D eigenvalue weighted by atomic mass is 16.7. The Morgan fingerprint density at radius 3 is 1.74 bits per heavy atom. The lowest BCUT2D eigenvalue weighted by molar-refractivity contribution is -0.267. The molecule has 186 valence electrons. The van der Waals surface area contributed by atoms with Crippen LogP contribution in [-0.2, 0) is 14.2 Å². The van der Waals surface area contributed by atoms with E-state index in [0.29, 0.717) is 13.2 Å². The van der Waals surface area contributed by atoms with Crippen LogP contribution in [0.15, 0.2) is 0 Å². The number of nitrogens with two attached hydrogens (primary N) is 1. The van der Waals surface area contributed by atoms with Crippen LogP contribution in [0.4, 0.5) is 0 Å². The molecule has 7 nitrogen and oxygen atoms in total. The van der Waals surface area contributed by atoms with Crippen molar-refractivity contribution in [3.05, 3.63) is 0 Å². The molecule has 0 aliphatic carbocycles. The third-order valence-corrected chi connectivity index (χ3v) is 6.08. The average Bonchev–Trinajstić information content (AvgIpc) is 2.78. The minimum atomic E-state index is -1.21. The molecule has 5 atom stereocenters. The van der Waals surface area contributed by atoms with E-state index in [2.05, 4.69) is 6.92 Å². The van der Waals surface area contributed by atoms with Crippen molar-refractivity contribution in [3.8, 4) is 0 Å². The van der Waals surface area contributed by atoms with Crippen LogP contribution in [0.3, 0.4) is 0 Å². The van der Waals surface area contributed by atoms with Crippen molar-refractivity contribution < 1.29 is 29.5 Å². The number of aliphatic hydroxyl groups excluding tert-OH is 3. The Bertz CT molecular complexity index is 398. The first-order chi connectivity index (χ1) is 15.1. The van der Waals surface area contributed by atoms with Gasteiger partial charge in [-0.15, -0.1) is 0 Å². The second kappa shape index (κ2) is 19.2. The molecule has 0 bridgehead atoms. The van der Waals surface area contributed by atoms with Gasteiger partial charge in [-0.2, -0.15) is 0 Å². The van der Waals surface area contributed by atoms with Crippen molar-refractivity contribution in [2.45, 2.75) is 127 Å². The highest BCUT2D eigenvalue weighted by molar-refractivity contribution is 4.91. The second-order valence-electron chi connectivity index (χ2n) is 8.86. The fourth-order valence-electron chi connectivity index (χ4n) is 3.98. The van der Waals surface area contributed by atoms with E-state index in [1.165, 1.54) is 83.5 Å². The summed E-state index contributed by atoms with van der Waals surface area (Å²) in [5, 5.41) is 28.8. The van der Waals surface area contributed by atoms with Crippen molar-refractivity contribution in [3.63, 3.8) is 0 Å². The highest BCUT2D eigenvalue weighted by Crippen LogP contribution is 2.20. The molecular weight excluding hydrogens is 398 g/mol. The first-order valence-corrected chi connectivity index (χ1v) is 12.7. The van der Waals surface area contributed by atoms with E-state index >= 15 is 0 Å². The first kappa shape index (κ1) is 28.8. The molecule has 1 aliphatic rings. The molecule has 0 amide bonds. The third kappa shape index (κ3) is 13.1. The molecule has 5 N–H and O–H groups in total. The zero-order valence-electron chi connectivity index (χ0n) is 19.8. The van der Waals surface area contributed by atoms with Gasteiger partial charge in [0.2, 0.25) is 0 Å². The first-order valence-electron chi connectivity index (χ1n) is 12.7. The van der Waals surface area contributed by atoms with Gasteiger partial charge in [0.05, 0.1) is 25.9 Å². The number of hydrogen-bond donors (Lipinski definition) is 4. The minimum Gasteiger partial charge on any atom is -0.394 e. The van der Waals surface area contributed by atoms with Gasteiger partial charge in [0, 0.05) is 6.61 Å². The fourth-order valence-corrected chi connectivity index (χ4v) is 3.98. The van der Waals surface area contributed by atoms with Gasteiger partial charge < -0.3 is 35.3 Å². The van der Waals surface area contributed by atoms with Gasteiger partial charge in [0.25, 0.3) is 0 Å². The molecule has 0 aromatic heterocycles. The Morgan fingerprint density at radius 1 is 0.710 bits per heavy atom. The smallest absolute Gasteiger partial charge is 0.175 e. The Morgan fingerprint density at radius 2 is 1.23 bits per heavy atom. The van der Waals surface area contributed by atoms with Crippen molar-refractivity contribution in [2.24, 2.45) is 5.73 Å². The normalized spacial score (nSPS) is 26.4. The van der Waals surface area contributed by atoms with Crippen LogP contribution < -0.4 is 5.73 Å². The van der Waals surface area contributed by atoms with Crippen molar-refractivity contribution in [1.29, 1.82) is 0 Å². The molecule has 0 spiro atoms. The largest absolute Gasteiger partial charge is 0.394 e. The van der Waals surface area contributed by atoms with Gasteiger partial charge in [0.15, 0.2) is 6.29 Å².